The standard InChI is InChI=1S/C26H25IN2O3S/c1-19-8-14-24(15-9-19)33(30,31)29(22-10-12-23(32-3)13-11-22)18-21(27)16-20-17-28(2)26-7-5-4-6-25(20)26/h4-15,17-18H,16H2,1-3H3/b21-18-. The highest BCUT2D eigenvalue weighted by Crippen LogP contribution is 2.30. The summed E-state index contributed by atoms with van der Waals surface area (Å²) in [5.41, 5.74) is 3.85. The summed E-state index contributed by atoms with van der Waals surface area (Å²) in [5, 5.41) is 1.17. The summed E-state index contributed by atoms with van der Waals surface area (Å²) in [6.07, 6.45) is 4.43. The van der Waals surface area contributed by atoms with Gasteiger partial charge in [-0.25, -0.2) is 12.7 Å². The first kappa shape index (κ1) is 23.4. The minimum absolute atomic E-state index is 0.245. The predicted octanol–water partition coefficient (Wildman–Crippen LogP) is 6.21. The zero-order chi connectivity index (χ0) is 23.6. The third-order valence-corrected chi connectivity index (χ3v) is 7.86. The highest BCUT2D eigenvalue weighted by Gasteiger charge is 2.24. The third-order valence-electron chi connectivity index (χ3n) is 5.50. The van der Waals surface area contributed by atoms with Crippen molar-refractivity contribution in [2.45, 2.75) is 18.2 Å². The number of rotatable bonds is 7. The van der Waals surface area contributed by atoms with Gasteiger partial charge in [0.05, 0.1) is 17.7 Å². The number of sulfonamides is 1. The van der Waals surface area contributed by atoms with Crippen molar-refractivity contribution in [3.8, 4) is 5.75 Å². The Balaban J connectivity index is 1.76. The maximum Gasteiger partial charge on any atom is 0.268 e. The van der Waals surface area contributed by atoms with Crippen LogP contribution in [0.25, 0.3) is 10.9 Å². The van der Waals surface area contributed by atoms with Gasteiger partial charge in [0.15, 0.2) is 0 Å². The molecule has 0 bridgehead atoms. The molecule has 0 amide bonds. The van der Waals surface area contributed by atoms with E-state index in [0.717, 1.165) is 20.2 Å². The van der Waals surface area contributed by atoms with Crippen LogP contribution >= 0.6 is 22.6 Å². The molecule has 0 aliphatic carbocycles. The minimum Gasteiger partial charge on any atom is -0.497 e. The molecule has 7 heteroatoms. The van der Waals surface area contributed by atoms with Gasteiger partial charge in [0.2, 0.25) is 0 Å². The summed E-state index contributed by atoms with van der Waals surface area (Å²) in [6, 6.07) is 22.2. The topological polar surface area (TPSA) is 51.5 Å². The SMILES string of the molecule is COc1ccc(N(/C=C(\I)Cc2cn(C)c3ccccc23)S(=O)(=O)c2ccc(C)cc2)cc1. The van der Waals surface area contributed by atoms with Gasteiger partial charge in [0.25, 0.3) is 10.0 Å². The van der Waals surface area contributed by atoms with Gasteiger partial charge in [0, 0.05) is 40.3 Å². The van der Waals surface area contributed by atoms with Gasteiger partial charge in [0.1, 0.15) is 5.75 Å². The van der Waals surface area contributed by atoms with Gasteiger partial charge in [-0.3, -0.25) is 0 Å². The monoisotopic (exact) mass is 572 g/mol. The molecule has 0 aliphatic heterocycles. The van der Waals surface area contributed by atoms with Crippen molar-refractivity contribution in [3.63, 3.8) is 0 Å². The van der Waals surface area contributed by atoms with E-state index in [2.05, 4.69) is 45.5 Å². The number of fused-ring (bicyclic) bond motifs is 1. The molecule has 5 nitrogen and oxygen atoms in total. The van der Waals surface area contributed by atoms with Gasteiger partial charge < -0.3 is 9.30 Å². The zero-order valence-electron chi connectivity index (χ0n) is 18.7. The molecule has 3 aromatic carbocycles. The molecule has 0 saturated heterocycles. The lowest BCUT2D eigenvalue weighted by atomic mass is 10.1. The molecular formula is C26H25IN2O3S. The van der Waals surface area contributed by atoms with Gasteiger partial charge in [-0.05, 0) is 77.5 Å². The van der Waals surface area contributed by atoms with Crippen molar-refractivity contribution in [2.75, 3.05) is 11.4 Å². The Hall–Kier alpha value is -2.78. The number of para-hydroxylation sites is 1. The van der Waals surface area contributed by atoms with Gasteiger partial charge in [-0.2, -0.15) is 0 Å². The number of aromatic nitrogens is 1. The first-order chi connectivity index (χ1) is 15.8. The normalized spacial score (nSPS) is 12.2. The summed E-state index contributed by atoms with van der Waals surface area (Å²) in [6.45, 7) is 1.94. The van der Waals surface area contributed by atoms with Crippen molar-refractivity contribution >= 4 is 49.2 Å². The largest absolute Gasteiger partial charge is 0.497 e. The van der Waals surface area contributed by atoms with Crippen molar-refractivity contribution in [2.24, 2.45) is 7.05 Å². The molecule has 0 radical (unpaired) electrons. The average Bonchev–Trinajstić information content (AvgIpc) is 3.13. The molecule has 4 rings (SSSR count). The van der Waals surface area contributed by atoms with Crippen LogP contribution in [0.2, 0.25) is 0 Å². The maximum absolute atomic E-state index is 13.6. The molecule has 0 fully saturated rings. The quantitative estimate of drug-likeness (QED) is 0.248. The third kappa shape index (κ3) is 4.94. The Bertz CT molecular complexity index is 1410. The number of aryl methyl sites for hydroxylation is 2. The van der Waals surface area contributed by atoms with Crippen LogP contribution < -0.4 is 9.04 Å². The van der Waals surface area contributed by atoms with Crippen LogP contribution in [-0.4, -0.2) is 20.1 Å². The predicted molar refractivity (Wildman–Crippen MR) is 143 cm³/mol. The van der Waals surface area contributed by atoms with Gasteiger partial charge in [-0.15, -0.1) is 0 Å². The molecule has 1 aromatic heterocycles. The number of hydrogen-bond donors (Lipinski definition) is 0. The average molecular weight is 572 g/mol. The number of halogens is 1. The summed E-state index contributed by atoms with van der Waals surface area (Å²) in [4.78, 5) is 0.245. The van der Waals surface area contributed by atoms with Crippen LogP contribution in [0, 0.1) is 6.92 Å². The van der Waals surface area contributed by atoms with Crippen LogP contribution in [0.15, 0.2) is 93.7 Å². The highest BCUT2D eigenvalue weighted by atomic mass is 127. The van der Waals surface area contributed by atoms with Crippen molar-refractivity contribution < 1.29 is 13.2 Å². The van der Waals surface area contributed by atoms with Crippen LogP contribution in [-0.2, 0) is 23.5 Å². The molecule has 0 saturated carbocycles. The molecule has 0 unspecified atom stereocenters. The second-order valence-electron chi connectivity index (χ2n) is 7.85. The second kappa shape index (κ2) is 9.61. The lowest BCUT2D eigenvalue weighted by molar-refractivity contribution is 0.415. The Labute approximate surface area is 208 Å². The Kier molecular flexibility index (Phi) is 6.81. The Morgan fingerprint density at radius 3 is 2.36 bits per heavy atom. The fourth-order valence-corrected chi connectivity index (χ4v) is 6.01. The molecule has 170 valence electrons. The maximum atomic E-state index is 13.6. The Morgan fingerprint density at radius 2 is 1.70 bits per heavy atom. The first-order valence-corrected chi connectivity index (χ1v) is 13.0. The fourth-order valence-electron chi connectivity index (χ4n) is 3.76. The smallest absolute Gasteiger partial charge is 0.268 e. The van der Waals surface area contributed by atoms with E-state index >= 15 is 0 Å². The number of allylic oxidation sites excluding steroid dienone is 1. The molecule has 0 spiro atoms. The molecular weight excluding hydrogens is 547 g/mol. The van der Waals surface area contributed by atoms with Crippen LogP contribution in [0.1, 0.15) is 11.1 Å². The molecule has 4 aromatic rings. The number of benzene rings is 3. The number of anilines is 1. The van der Waals surface area contributed by atoms with Crippen LogP contribution in [0.4, 0.5) is 5.69 Å². The van der Waals surface area contributed by atoms with Crippen molar-refractivity contribution in [1.82, 2.24) is 4.57 Å². The second-order valence-corrected chi connectivity index (χ2v) is 11.0. The lowest BCUT2D eigenvalue weighted by Crippen LogP contribution is -2.26. The van der Waals surface area contributed by atoms with E-state index in [0.29, 0.717) is 17.9 Å². The fraction of sp³-hybridized carbons (Fsp3) is 0.154. The summed E-state index contributed by atoms with van der Waals surface area (Å²) in [7, 11) is -0.201. The number of ether oxygens (including phenoxy) is 1. The first-order valence-electron chi connectivity index (χ1n) is 10.4. The summed E-state index contributed by atoms with van der Waals surface area (Å²) in [5.74, 6) is 0.667. The van der Waals surface area contributed by atoms with Crippen molar-refractivity contribution in [1.29, 1.82) is 0 Å². The number of nitrogens with zero attached hydrogens (tertiary/aromatic N) is 2. The summed E-state index contributed by atoms with van der Waals surface area (Å²) >= 11 is 2.23. The lowest BCUT2D eigenvalue weighted by Gasteiger charge is -2.22. The summed E-state index contributed by atoms with van der Waals surface area (Å²) < 4.78 is 36.9. The number of methoxy groups -OCH3 is 1. The highest BCUT2D eigenvalue weighted by molar-refractivity contribution is 14.1. The Morgan fingerprint density at radius 1 is 1.03 bits per heavy atom. The van der Waals surface area contributed by atoms with E-state index in [-0.39, 0.29) is 4.90 Å². The number of hydrogen-bond acceptors (Lipinski definition) is 3. The van der Waals surface area contributed by atoms with E-state index in [4.69, 9.17) is 4.74 Å². The van der Waals surface area contributed by atoms with Crippen LogP contribution in [0.5, 0.6) is 5.75 Å². The molecule has 33 heavy (non-hydrogen) atoms. The van der Waals surface area contributed by atoms with E-state index in [1.807, 2.05) is 38.2 Å². The van der Waals surface area contributed by atoms with E-state index < -0.39 is 10.0 Å². The van der Waals surface area contributed by atoms with E-state index in [9.17, 15) is 8.42 Å². The van der Waals surface area contributed by atoms with Crippen molar-refractivity contribution in [3.05, 3.63) is 99.9 Å². The van der Waals surface area contributed by atoms with Gasteiger partial charge in [-0.1, -0.05) is 35.9 Å². The zero-order valence-corrected chi connectivity index (χ0v) is 21.7. The minimum atomic E-state index is -3.81. The molecule has 0 atom stereocenters. The van der Waals surface area contributed by atoms with Crippen LogP contribution in [0.3, 0.4) is 0 Å². The van der Waals surface area contributed by atoms with E-state index in [1.165, 1.54) is 9.69 Å². The van der Waals surface area contributed by atoms with E-state index in [1.54, 1.807) is 49.7 Å². The molecule has 0 aliphatic rings. The molecule has 1 heterocycles. The molecule has 0 N–H and O–H groups in total. The van der Waals surface area contributed by atoms with Gasteiger partial charge >= 0.3 is 0 Å².